The highest BCUT2D eigenvalue weighted by Crippen LogP contribution is 2.28. The second-order valence-electron chi connectivity index (χ2n) is 3.55. The second-order valence-corrected chi connectivity index (χ2v) is 5.18. The molecule has 0 radical (unpaired) electrons. The van der Waals surface area contributed by atoms with Crippen LogP contribution in [0.2, 0.25) is 0 Å². The van der Waals surface area contributed by atoms with Crippen LogP contribution in [0.1, 0.15) is 18.5 Å². The molecule has 0 aliphatic rings. The summed E-state index contributed by atoms with van der Waals surface area (Å²) in [6.45, 7) is 4.29. The molecule has 18 heavy (non-hydrogen) atoms. The zero-order chi connectivity index (χ0) is 14.1. The lowest BCUT2D eigenvalue weighted by Crippen LogP contribution is -2.15. The smallest absolute Gasteiger partial charge is 0.254 e. The summed E-state index contributed by atoms with van der Waals surface area (Å²) < 4.78 is 64.2. The topological polar surface area (TPSA) is 72.2 Å². The first-order valence-electron chi connectivity index (χ1n) is 4.78. The Bertz CT molecular complexity index is 585. The van der Waals surface area contributed by atoms with Crippen LogP contribution in [0.25, 0.3) is 0 Å². The molecule has 0 amide bonds. The average Bonchev–Trinajstić information content (AvgIpc) is 2.29. The molecule has 0 bridgehead atoms. The van der Waals surface area contributed by atoms with Crippen molar-refractivity contribution in [3.63, 3.8) is 0 Å². The van der Waals surface area contributed by atoms with Crippen LogP contribution < -0.4 is 10.5 Å². The summed E-state index contributed by atoms with van der Waals surface area (Å²) in [6, 6.07) is -0.289. The minimum Gasteiger partial charge on any atom is -0.324 e. The second kappa shape index (κ2) is 4.99. The fraction of sp³-hybridized carbons (Fsp3) is 0.200. The molecular formula is C10H11F3N2O2S. The molecule has 1 atom stereocenters. The summed E-state index contributed by atoms with van der Waals surface area (Å²) in [6.07, 6.45) is 0. The lowest BCUT2D eigenvalue weighted by molar-refractivity contribution is 0.483. The number of rotatable bonds is 4. The Labute approximate surface area is 102 Å². The molecule has 100 valence electrons. The molecule has 8 heteroatoms. The molecule has 0 aromatic heterocycles. The Hall–Kier alpha value is -1.54. The van der Waals surface area contributed by atoms with E-state index in [-0.39, 0.29) is 5.56 Å². The molecule has 3 N–H and O–H groups in total. The Morgan fingerprint density at radius 2 is 1.94 bits per heavy atom. The molecule has 0 spiro atoms. The molecule has 0 saturated heterocycles. The maximum absolute atomic E-state index is 13.5. The van der Waals surface area contributed by atoms with Gasteiger partial charge in [0.15, 0.2) is 17.5 Å². The Morgan fingerprint density at radius 1 is 1.39 bits per heavy atom. The Balaban J connectivity index is 3.41. The van der Waals surface area contributed by atoms with Crippen molar-refractivity contribution < 1.29 is 21.6 Å². The largest absolute Gasteiger partial charge is 0.324 e. The number of anilines is 1. The standard InChI is InChI=1S/C10H11F3N2O2S/c1-3-18(16,17)15-10-7(11)4-6(5(2)14)8(12)9(10)13/h3-5,15H,1,14H2,2H3/t5-/m1/s1. The van der Waals surface area contributed by atoms with Crippen molar-refractivity contribution in [1.29, 1.82) is 0 Å². The number of sulfonamides is 1. The number of nitrogens with one attached hydrogen (secondary N) is 1. The summed E-state index contributed by atoms with van der Waals surface area (Å²) in [5.74, 6) is -4.30. The summed E-state index contributed by atoms with van der Waals surface area (Å²) in [4.78, 5) is 0. The van der Waals surface area contributed by atoms with Gasteiger partial charge in [0.2, 0.25) is 0 Å². The van der Waals surface area contributed by atoms with E-state index in [2.05, 4.69) is 6.58 Å². The van der Waals surface area contributed by atoms with Crippen LogP contribution in [-0.4, -0.2) is 8.42 Å². The molecule has 0 unspecified atom stereocenters. The third-order valence-electron chi connectivity index (χ3n) is 2.14. The van der Waals surface area contributed by atoms with Gasteiger partial charge in [-0.25, -0.2) is 21.6 Å². The predicted molar refractivity (Wildman–Crippen MR) is 61.7 cm³/mol. The van der Waals surface area contributed by atoms with Crippen molar-refractivity contribution >= 4 is 15.7 Å². The summed E-state index contributed by atoms with van der Waals surface area (Å²) in [5.41, 5.74) is 3.84. The molecule has 0 fully saturated rings. The van der Waals surface area contributed by atoms with Crippen LogP contribution in [0, 0.1) is 17.5 Å². The fourth-order valence-corrected chi connectivity index (χ4v) is 1.78. The van der Waals surface area contributed by atoms with Crippen LogP contribution in [0.15, 0.2) is 18.1 Å². The third-order valence-corrected chi connectivity index (χ3v) is 3.07. The van der Waals surface area contributed by atoms with Gasteiger partial charge in [0, 0.05) is 17.0 Å². The molecule has 1 aromatic carbocycles. The maximum atomic E-state index is 13.5. The molecule has 0 aliphatic heterocycles. The first kappa shape index (κ1) is 14.5. The van der Waals surface area contributed by atoms with E-state index < -0.39 is 39.2 Å². The molecular weight excluding hydrogens is 269 g/mol. The predicted octanol–water partition coefficient (Wildman–Crippen LogP) is 2.01. The normalized spacial score (nSPS) is 13.2. The van der Waals surface area contributed by atoms with Gasteiger partial charge in [0.1, 0.15) is 5.69 Å². The fourth-order valence-electron chi connectivity index (χ4n) is 1.22. The van der Waals surface area contributed by atoms with Gasteiger partial charge in [-0.3, -0.25) is 4.72 Å². The molecule has 1 aromatic rings. The molecule has 0 aliphatic carbocycles. The molecule has 0 saturated carbocycles. The van der Waals surface area contributed by atoms with Gasteiger partial charge in [0.05, 0.1) is 0 Å². The summed E-state index contributed by atoms with van der Waals surface area (Å²) in [5, 5.41) is 0.448. The van der Waals surface area contributed by atoms with Crippen molar-refractivity contribution in [2.75, 3.05) is 4.72 Å². The number of hydrogen-bond acceptors (Lipinski definition) is 3. The average molecular weight is 280 g/mol. The minimum atomic E-state index is -4.13. The van der Waals surface area contributed by atoms with E-state index in [1.54, 1.807) is 0 Å². The van der Waals surface area contributed by atoms with Crippen LogP contribution >= 0.6 is 0 Å². The van der Waals surface area contributed by atoms with Gasteiger partial charge in [0.25, 0.3) is 10.0 Å². The van der Waals surface area contributed by atoms with E-state index in [1.165, 1.54) is 11.6 Å². The number of hydrogen-bond donors (Lipinski definition) is 2. The minimum absolute atomic E-state index is 0.383. The number of halogens is 3. The van der Waals surface area contributed by atoms with E-state index in [9.17, 15) is 21.6 Å². The van der Waals surface area contributed by atoms with E-state index >= 15 is 0 Å². The van der Waals surface area contributed by atoms with Crippen LogP contribution in [0.5, 0.6) is 0 Å². The van der Waals surface area contributed by atoms with Gasteiger partial charge in [-0.15, -0.1) is 0 Å². The highest BCUT2D eigenvalue weighted by molar-refractivity contribution is 7.95. The van der Waals surface area contributed by atoms with Crippen molar-refractivity contribution in [2.45, 2.75) is 13.0 Å². The molecule has 0 heterocycles. The zero-order valence-electron chi connectivity index (χ0n) is 9.38. The van der Waals surface area contributed by atoms with E-state index in [1.807, 2.05) is 0 Å². The first-order valence-corrected chi connectivity index (χ1v) is 6.32. The van der Waals surface area contributed by atoms with Gasteiger partial charge >= 0.3 is 0 Å². The van der Waals surface area contributed by atoms with E-state index in [0.29, 0.717) is 11.5 Å². The third kappa shape index (κ3) is 2.82. The van der Waals surface area contributed by atoms with Crippen LogP contribution in [-0.2, 0) is 10.0 Å². The van der Waals surface area contributed by atoms with Gasteiger partial charge in [-0.1, -0.05) is 6.58 Å². The highest BCUT2D eigenvalue weighted by Gasteiger charge is 2.22. The monoisotopic (exact) mass is 280 g/mol. The van der Waals surface area contributed by atoms with E-state index in [4.69, 9.17) is 5.73 Å². The van der Waals surface area contributed by atoms with Gasteiger partial charge in [-0.05, 0) is 13.0 Å². The quantitative estimate of drug-likeness (QED) is 0.829. The summed E-state index contributed by atoms with van der Waals surface area (Å²) in [7, 11) is -4.13. The van der Waals surface area contributed by atoms with E-state index in [0.717, 1.165) is 0 Å². The summed E-state index contributed by atoms with van der Waals surface area (Å²) >= 11 is 0. The zero-order valence-corrected chi connectivity index (χ0v) is 10.2. The maximum Gasteiger partial charge on any atom is 0.254 e. The van der Waals surface area contributed by atoms with Crippen molar-refractivity contribution in [2.24, 2.45) is 5.73 Å². The van der Waals surface area contributed by atoms with Crippen molar-refractivity contribution in [3.05, 3.63) is 41.1 Å². The highest BCUT2D eigenvalue weighted by atomic mass is 32.2. The van der Waals surface area contributed by atoms with Gasteiger partial charge < -0.3 is 5.73 Å². The van der Waals surface area contributed by atoms with Crippen LogP contribution in [0.4, 0.5) is 18.9 Å². The van der Waals surface area contributed by atoms with Gasteiger partial charge in [-0.2, -0.15) is 0 Å². The lowest BCUT2D eigenvalue weighted by Gasteiger charge is -2.12. The lowest BCUT2D eigenvalue weighted by atomic mass is 10.1. The Morgan fingerprint density at radius 3 is 2.39 bits per heavy atom. The number of nitrogens with two attached hydrogens (primary N) is 1. The molecule has 4 nitrogen and oxygen atoms in total. The first-order chi connectivity index (χ1) is 8.19. The SMILES string of the molecule is C=CS(=O)(=O)Nc1c(F)cc([C@@H](C)N)c(F)c1F. The molecule has 1 rings (SSSR count). The van der Waals surface area contributed by atoms with Crippen molar-refractivity contribution in [1.82, 2.24) is 0 Å². The van der Waals surface area contributed by atoms with Crippen molar-refractivity contribution in [3.8, 4) is 0 Å². The van der Waals surface area contributed by atoms with Crippen LogP contribution in [0.3, 0.4) is 0 Å². The Kier molecular flexibility index (Phi) is 4.02. The number of benzene rings is 1.